The molecule has 2 aromatic heterocycles. The number of nitrogens with zero attached hydrogens (tertiary/aromatic N) is 3. The number of Topliss-reactive ketones (excluding diaryl/α,β-unsaturated/α-hetero) is 1. The number of imidazole rings is 1. The topological polar surface area (TPSA) is 63.9 Å². The van der Waals surface area contributed by atoms with Gasteiger partial charge in [0.05, 0.1) is 0 Å². The van der Waals surface area contributed by atoms with Gasteiger partial charge in [0, 0.05) is 42.2 Å². The van der Waals surface area contributed by atoms with Crippen molar-refractivity contribution >= 4 is 17.5 Å². The summed E-state index contributed by atoms with van der Waals surface area (Å²) in [6.45, 7) is 0.281. The average Bonchev–Trinajstić information content (AvgIpc) is 3.24. The third kappa shape index (κ3) is 3.58. The summed E-state index contributed by atoms with van der Waals surface area (Å²) in [7, 11) is 0. The fourth-order valence-electron chi connectivity index (χ4n) is 4.99. The summed E-state index contributed by atoms with van der Waals surface area (Å²) in [5.41, 5.74) is 2.53. The summed E-state index contributed by atoms with van der Waals surface area (Å²) >= 11 is 0. The number of fused-ring (bicyclic) bond motifs is 3. The van der Waals surface area contributed by atoms with E-state index in [2.05, 4.69) is 4.98 Å². The van der Waals surface area contributed by atoms with E-state index >= 15 is 0 Å². The van der Waals surface area contributed by atoms with Crippen molar-refractivity contribution in [1.82, 2.24) is 14.3 Å². The fourth-order valence-corrected chi connectivity index (χ4v) is 4.99. The van der Waals surface area contributed by atoms with Gasteiger partial charge in [0.1, 0.15) is 12.3 Å². The molecule has 0 N–H and O–H groups in total. The van der Waals surface area contributed by atoms with Crippen molar-refractivity contribution in [3.8, 4) is 0 Å². The van der Waals surface area contributed by atoms with Crippen LogP contribution in [0.1, 0.15) is 48.0 Å². The van der Waals surface area contributed by atoms with Gasteiger partial charge in [-0.05, 0) is 49.8 Å². The largest absolute Gasteiger partial charge is 0.445 e. The van der Waals surface area contributed by atoms with Crippen LogP contribution in [0.5, 0.6) is 0 Å². The first-order valence-corrected chi connectivity index (χ1v) is 10.6. The number of hydrogen-bond acceptors (Lipinski definition) is 4. The quantitative estimate of drug-likeness (QED) is 0.602. The lowest BCUT2D eigenvalue weighted by Crippen LogP contribution is -2.55. The number of ether oxygens (including phenoxy) is 1. The van der Waals surface area contributed by atoms with Crippen molar-refractivity contribution in [2.75, 3.05) is 0 Å². The Bertz CT molecular complexity index is 1050. The number of ketones is 1. The Balaban J connectivity index is 1.28. The first kappa shape index (κ1) is 18.9. The minimum absolute atomic E-state index is 0.0561. The predicted octanol–water partition coefficient (Wildman–Crippen LogP) is 4.49. The molecule has 0 saturated carbocycles. The summed E-state index contributed by atoms with van der Waals surface area (Å²) < 4.78 is 7.49. The molecule has 0 radical (unpaired) electrons. The Labute approximate surface area is 175 Å². The lowest BCUT2D eigenvalue weighted by Gasteiger charge is -2.47. The van der Waals surface area contributed by atoms with Crippen molar-refractivity contribution in [3.05, 3.63) is 72.2 Å². The number of pyridine rings is 1. The molecule has 2 bridgehead atoms. The summed E-state index contributed by atoms with van der Waals surface area (Å²) in [6.07, 6.45) is 9.57. The molecule has 0 spiro atoms. The molecule has 2 fully saturated rings. The van der Waals surface area contributed by atoms with Crippen LogP contribution in [0.25, 0.3) is 5.65 Å². The summed E-state index contributed by atoms with van der Waals surface area (Å²) in [6, 6.07) is 13.6. The zero-order valence-corrected chi connectivity index (χ0v) is 16.8. The fraction of sp³-hybridized carbons (Fsp3) is 0.375. The molecule has 3 aromatic rings. The van der Waals surface area contributed by atoms with Gasteiger partial charge < -0.3 is 14.0 Å². The maximum absolute atomic E-state index is 13.2. The molecule has 0 aliphatic carbocycles. The van der Waals surface area contributed by atoms with Gasteiger partial charge in [-0.15, -0.1) is 0 Å². The maximum Gasteiger partial charge on any atom is 0.410 e. The Hall–Kier alpha value is -3.15. The summed E-state index contributed by atoms with van der Waals surface area (Å²) in [4.78, 5) is 32.2. The third-order valence-corrected chi connectivity index (χ3v) is 6.43. The van der Waals surface area contributed by atoms with Crippen LogP contribution in [-0.2, 0) is 11.3 Å². The lowest BCUT2D eigenvalue weighted by molar-refractivity contribution is 0.00472. The molecular formula is C24H25N3O3. The first-order chi connectivity index (χ1) is 14.7. The zero-order chi connectivity index (χ0) is 20.5. The Morgan fingerprint density at radius 2 is 1.80 bits per heavy atom. The van der Waals surface area contributed by atoms with Crippen molar-refractivity contribution in [3.63, 3.8) is 0 Å². The van der Waals surface area contributed by atoms with E-state index < -0.39 is 0 Å². The Morgan fingerprint density at radius 3 is 2.57 bits per heavy atom. The highest BCUT2D eigenvalue weighted by atomic mass is 16.6. The number of piperidine rings is 2. The molecule has 6 heteroatoms. The molecule has 154 valence electrons. The minimum atomic E-state index is -0.251. The highest BCUT2D eigenvalue weighted by Crippen LogP contribution is 2.38. The van der Waals surface area contributed by atoms with Crippen molar-refractivity contribution < 1.29 is 14.3 Å². The van der Waals surface area contributed by atoms with Crippen molar-refractivity contribution in [1.29, 1.82) is 0 Å². The van der Waals surface area contributed by atoms with Crippen molar-refractivity contribution in [2.45, 2.75) is 50.8 Å². The van der Waals surface area contributed by atoms with Crippen LogP contribution in [-0.4, -0.2) is 38.2 Å². The minimum Gasteiger partial charge on any atom is -0.445 e. The molecule has 2 aliphatic rings. The molecular weight excluding hydrogens is 378 g/mol. The van der Waals surface area contributed by atoms with E-state index in [-0.39, 0.29) is 36.5 Å². The van der Waals surface area contributed by atoms with E-state index in [0.717, 1.165) is 30.5 Å². The predicted molar refractivity (Wildman–Crippen MR) is 112 cm³/mol. The zero-order valence-electron chi connectivity index (χ0n) is 16.8. The van der Waals surface area contributed by atoms with Gasteiger partial charge in [0.25, 0.3) is 0 Å². The molecule has 5 rings (SSSR count). The summed E-state index contributed by atoms with van der Waals surface area (Å²) in [5.74, 6) is 0.110. The number of aromatic nitrogens is 2. The van der Waals surface area contributed by atoms with Crippen LogP contribution in [0.2, 0.25) is 0 Å². The number of rotatable bonds is 4. The van der Waals surface area contributed by atoms with Crippen LogP contribution < -0.4 is 0 Å². The highest BCUT2D eigenvalue weighted by molar-refractivity contribution is 5.98. The molecule has 2 unspecified atom stereocenters. The van der Waals surface area contributed by atoms with E-state index in [0.29, 0.717) is 18.4 Å². The monoisotopic (exact) mass is 403 g/mol. The van der Waals surface area contributed by atoms with Crippen LogP contribution in [0.3, 0.4) is 0 Å². The van der Waals surface area contributed by atoms with Gasteiger partial charge in [-0.2, -0.15) is 0 Å². The number of carbonyl (C=O) groups is 2. The second kappa shape index (κ2) is 7.94. The second-order valence-corrected chi connectivity index (χ2v) is 8.33. The third-order valence-electron chi connectivity index (χ3n) is 6.43. The van der Waals surface area contributed by atoms with Gasteiger partial charge in [-0.3, -0.25) is 4.79 Å². The molecule has 2 atom stereocenters. The van der Waals surface area contributed by atoms with Gasteiger partial charge >= 0.3 is 6.09 Å². The van der Waals surface area contributed by atoms with E-state index in [1.807, 2.05) is 64.2 Å². The van der Waals surface area contributed by atoms with Gasteiger partial charge in [0.2, 0.25) is 0 Å². The molecule has 6 nitrogen and oxygen atoms in total. The smallest absolute Gasteiger partial charge is 0.410 e. The summed E-state index contributed by atoms with van der Waals surface area (Å²) in [5, 5.41) is 0. The molecule has 2 aliphatic heterocycles. The van der Waals surface area contributed by atoms with Crippen LogP contribution in [0.15, 0.2) is 61.1 Å². The average molecular weight is 403 g/mol. The highest BCUT2D eigenvalue weighted by Gasteiger charge is 2.43. The van der Waals surface area contributed by atoms with E-state index in [4.69, 9.17) is 4.74 Å². The lowest BCUT2D eigenvalue weighted by atomic mass is 9.76. The molecule has 1 aromatic carbocycles. The number of carbonyl (C=O) groups excluding carboxylic acids is 2. The second-order valence-electron chi connectivity index (χ2n) is 8.33. The van der Waals surface area contributed by atoms with Crippen LogP contribution in [0, 0.1) is 5.92 Å². The van der Waals surface area contributed by atoms with Gasteiger partial charge in [-0.1, -0.05) is 30.3 Å². The normalized spacial score (nSPS) is 23.3. The first-order valence-electron chi connectivity index (χ1n) is 10.6. The number of amides is 1. The van der Waals surface area contributed by atoms with Crippen LogP contribution >= 0.6 is 0 Å². The maximum atomic E-state index is 13.2. The Morgan fingerprint density at radius 1 is 1.03 bits per heavy atom. The SMILES string of the molecule is O=C(c1ccc2nccn2c1)C1CC2CCCC(C1)N2C(=O)OCc1ccccc1. The standard InChI is InChI=1S/C24H25N3O3/c28-23(18-9-10-22-25-11-12-26(22)15-18)19-13-20-7-4-8-21(14-19)27(20)24(29)30-16-17-5-2-1-3-6-17/h1-3,5-6,9-12,15,19-21H,4,7-8,13-14,16H2. The van der Waals surface area contributed by atoms with Crippen LogP contribution in [0.4, 0.5) is 4.79 Å². The Kier molecular flexibility index (Phi) is 4.99. The van der Waals surface area contributed by atoms with Gasteiger partial charge in [-0.25, -0.2) is 9.78 Å². The molecule has 4 heterocycles. The number of benzene rings is 1. The number of hydrogen-bond donors (Lipinski definition) is 0. The van der Waals surface area contributed by atoms with Gasteiger partial charge in [0.15, 0.2) is 5.78 Å². The van der Waals surface area contributed by atoms with Crippen molar-refractivity contribution in [2.24, 2.45) is 5.92 Å². The molecule has 2 saturated heterocycles. The molecule has 1 amide bonds. The van der Waals surface area contributed by atoms with E-state index in [1.165, 1.54) is 0 Å². The molecule has 30 heavy (non-hydrogen) atoms. The van der Waals surface area contributed by atoms with E-state index in [9.17, 15) is 9.59 Å². The van der Waals surface area contributed by atoms with E-state index in [1.54, 1.807) is 6.20 Å².